The van der Waals surface area contributed by atoms with E-state index < -0.39 is 8.32 Å². The molecule has 1 aromatic rings. The second-order valence-corrected chi connectivity index (χ2v) is 11.7. The molecule has 0 unspecified atom stereocenters. The Morgan fingerprint density at radius 1 is 1.16 bits per heavy atom. The Bertz CT molecular complexity index is 450. The number of hydrogen-bond acceptors (Lipinski definition) is 2. The Kier molecular flexibility index (Phi) is 5.13. The Hall–Kier alpha value is -0.483. The van der Waals surface area contributed by atoms with Gasteiger partial charge in [-0.1, -0.05) is 36.7 Å². The minimum Gasteiger partial charge on any atom is -0.543 e. The van der Waals surface area contributed by atoms with Crippen LogP contribution in [0.15, 0.2) is 12.1 Å². The van der Waals surface area contributed by atoms with Crippen molar-refractivity contribution in [3.63, 3.8) is 0 Å². The lowest BCUT2D eigenvalue weighted by Crippen LogP contribution is -2.44. The number of aryl methyl sites for hydroxylation is 1. The summed E-state index contributed by atoms with van der Waals surface area (Å²) in [6, 6.07) is 4.16. The highest BCUT2D eigenvalue weighted by molar-refractivity contribution is 9.08. The first-order valence-electron chi connectivity index (χ1n) is 6.55. The van der Waals surface area contributed by atoms with Crippen molar-refractivity contribution >= 4 is 24.2 Å². The summed E-state index contributed by atoms with van der Waals surface area (Å²) < 4.78 is 11.8. The maximum absolute atomic E-state index is 6.42. The number of benzene rings is 1. The molecule has 0 aliphatic heterocycles. The maximum atomic E-state index is 6.42. The molecule has 1 aromatic carbocycles. The normalized spacial score (nSPS) is 12.4. The molecular weight excluding hydrogens is 320 g/mol. The summed E-state index contributed by atoms with van der Waals surface area (Å²) in [7, 11) is -0.102. The van der Waals surface area contributed by atoms with Crippen molar-refractivity contribution in [2.45, 2.75) is 51.2 Å². The van der Waals surface area contributed by atoms with E-state index in [0.29, 0.717) is 0 Å². The van der Waals surface area contributed by atoms with Crippen molar-refractivity contribution in [2.24, 2.45) is 0 Å². The smallest absolute Gasteiger partial charge is 0.250 e. The number of methoxy groups -OCH3 is 1. The van der Waals surface area contributed by atoms with Crippen LogP contribution in [0.3, 0.4) is 0 Å². The Morgan fingerprint density at radius 3 is 2.16 bits per heavy atom. The van der Waals surface area contributed by atoms with Crippen LogP contribution in [0.25, 0.3) is 0 Å². The van der Waals surface area contributed by atoms with Crippen LogP contribution in [-0.4, -0.2) is 15.4 Å². The van der Waals surface area contributed by atoms with E-state index in [1.54, 1.807) is 7.11 Å². The van der Waals surface area contributed by atoms with Crippen molar-refractivity contribution in [1.29, 1.82) is 0 Å². The second-order valence-electron chi connectivity index (χ2n) is 6.43. The zero-order chi connectivity index (χ0) is 14.8. The van der Waals surface area contributed by atoms with Crippen LogP contribution in [0.5, 0.6) is 11.5 Å². The highest BCUT2D eigenvalue weighted by Crippen LogP contribution is 2.39. The standard InChI is InChI=1S/C15H25BrO2Si/c1-11-8-14(12(10-16)9-13(11)17-5)18-19(6,7)15(2,3)4/h8-9H,10H2,1-7H3. The van der Waals surface area contributed by atoms with Crippen LogP contribution < -0.4 is 9.16 Å². The summed E-state index contributed by atoms with van der Waals surface area (Å²) in [6.45, 7) is 13.3. The molecule has 1 rings (SSSR count). The van der Waals surface area contributed by atoms with Gasteiger partial charge in [-0.15, -0.1) is 0 Å². The van der Waals surface area contributed by atoms with Crippen molar-refractivity contribution in [3.05, 3.63) is 23.3 Å². The molecule has 0 aromatic heterocycles. The summed E-state index contributed by atoms with van der Waals surface area (Å²) >= 11 is 3.53. The maximum Gasteiger partial charge on any atom is 0.250 e. The van der Waals surface area contributed by atoms with Crippen LogP contribution in [0.4, 0.5) is 0 Å². The van der Waals surface area contributed by atoms with Crippen molar-refractivity contribution in [1.82, 2.24) is 0 Å². The van der Waals surface area contributed by atoms with Gasteiger partial charge >= 0.3 is 0 Å². The van der Waals surface area contributed by atoms with Crippen molar-refractivity contribution in [2.75, 3.05) is 7.11 Å². The second kappa shape index (κ2) is 5.88. The predicted molar refractivity (Wildman–Crippen MR) is 88.2 cm³/mol. The molecule has 0 N–H and O–H groups in total. The monoisotopic (exact) mass is 344 g/mol. The van der Waals surface area contributed by atoms with E-state index in [0.717, 1.165) is 28.0 Å². The molecule has 0 saturated heterocycles. The van der Waals surface area contributed by atoms with Gasteiger partial charge in [0.1, 0.15) is 11.5 Å². The van der Waals surface area contributed by atoms with Crippen LogP contribution in [0.2, 0.25) is 18.1 Å². The minimum atomic E-state index is -1.81. The third-order valence-corrected chi connectivity index (χ3v) is 8.84. The van der Waals surface area contributed by atoms with E-state index in [2.05, 4.69) is 68.9 Å². The van der Waals surface area contributed by atoms with Gasteiger partial charge < -0.3 is 9.16 Å². The predicted octanol–water partition coefficient (Wildman–Crippen LogP) is 5.28. The molecular formula is C15H25BrO2Si. The highest BCUT2D eigenvalue weighted by atomic mass is 79.9. The molecule has 4 heteroatoms. The zero-order valence-corrected chi connectivity index (χ0v) is 15.6. The molecule has 0 heterocycles. The third kappa shape index (κ3) is 3.75. The molecule has 0 amide bonds. The lowest BCUT2D eigenvalue weighted by molar-refractivity contribution is 0.409. The number of halogens is 1. The van der Waals surface area contributed by atoms with Crippen LogP contribution in [-0.2, 0) is 5.33 Å². The molecule has 0 saturated carbocycles. The fourth-order valence-corrected chi connectivity index (χ4v) is 3.04. The fourth-order valence-electron chi connectivity index (χ4n) is 1.55. The fraction of sp³-hybridized carbons (Fsp3) is 0.600. The van der Waals surface area contributed by atoms with E-state index in [4.69, 9.17) is 9.16 Å². The van der Waals surface area contributed by atoms with Gasteiger partial charge in [-0.3, -0.25) is 0 Å². The molecule has 0 aliphatic carbocycles. The van der Waals surface area contributed by atoms with E-state index in [-0.39, 0.29) is 5.04 Å². The first-order valence-corrected chi connectivity index (χ1v) is 10.6. The van der Waals surface area contributed by atoms with Gasteiger partial charge in [-0.2, -0.15) is 0 Å². The molecule has 0 atom stereocenters. The van der Waals surface area contributed by atoms with Crippen LogP contribution in [0.1, 0.15) is 31.9 Å². The highest BCUT2D eigenvalue weighted by Gasteiger charge is 2.39. The minimum absolute atomic E-state index is 0.199. The summed E-state index contributed by atoms with van der Waals surface area (Å²) in [5.41, 5.74) is 2.26. The topological polar surface area (TPSA) is 18.5 Å². The zero-order valence-electron chi connectivity index (χ0n) is 13.1. The Labute approximate surface area is 126 Å². The largest absolute Gasteiger partial charge is 0.543 e. The van der Waals surface area contributed by atoms with Gasteiger partial charge in [0.15, 0.2) is 0 Å². The van der Waals surface area contributed by atoms with Crippen LogP contribution >= 0.6 is 15.9 Å². The first kappa shape index (κ1) is 16.6. The molecule has 108 valence electrons. The number of rotatable bonds is 4. The number of alkyl halides is 1. The quantitative estimate of drug-likeness (QED) is 0.546. The van der Waals surface area contributed by atoms with Crippen molar-refractivity contribution < 1.29 is 9.16 Å². The Morgan fingerprint density at radius 2 is 1.74 bits per heavy atom. The first-order chi connectivity index (χ1) is 8.62. The molecule has 19 heavy (non-hydrogen) atoms. The summed E-state index contributed by atoms with van der Waals surface area (Å²) in [6.07, 6.45) is 0. The van der Waals surface area contributed by atoms with E-state index >= 15 is 0 Å². The SMILES string of the molecule is COc1cc(CBr)c(O[Si](C)(C)C(C)(C)C)cc1C. The third-order valence-electron chi connectivity index (χ3n) is 3.89. The average molecular weight is 345 g/mol. The lowest BCUT2D eigenvalue weighted by Gasteiger charge is -2.37. The summed E-state index contributed by atoms with van der Waals surface area (Å²) in [4.78, 5) is 0. The number of hydrogen-bond donors (Lipinski definition) is 0. The molecule has 0 spiro atoms. The number of ether oxygens (including phenoxy) is 1. The average Bonchev–Trinajstić information content (AvgIpc) is 2.27. The van der Waals surface area contributed by atoms with E-state index in [9.17, 15) is 0 Å². The summed E-state index contributed by atoms with van der Waals surface area (Å²) in [5, 5.41) is 0.970. The molecule has 0 aliphatic rings. The van der Waals surface area contributed by atoms with Crippen LogP contribution in [0, 0.1) is 6.92 Å². The van der Waals surface area contributed by atoms with Gasteiger partial charge in [0.25, 0.3) is 0 Å². The summed E-state index contributed by atoms with van der Waals surface area (Å²) in [5.74, 6) is 1.90. The molecule has 0 fully saturated rings. The van der Waals surface area contributed by atoms with Gasteiger partial charge in [0.05, 0.1) is 7.11 Å². The lowest BCUT2D eigenvalue weighted by atomic mass is 10.1. The van der Waals surface area contributed by atoms with Gasteiger partial charge in [0.2, 0.25) is 8.32 Å². The van der Waals surface area contributed by atoms with Gasteiger partial charge in [-0.25, -0.2) is 0 Å². The van der Waals surface area contributed by atoms with Gasteiger partial charge in [-0.05, 0) is 42.8 Å². The molecule has 0 radical (unpaired) electrons. The molecule has 0 bridgehead atoms. The van der Waals surface area contributed by atoms with Crippen molar-refractivity contribution in [3.8, 4) is 11.5 Å². The van der Waals surface area contributed by atoms with Gasteiger partial charge in [0, 0.05) is 10.9 Å². The molecule has 2 nitrogen and oxygen atoms in total. The Balaban J connectivity index is 3.18. The van der Waals surface area contributed by atoms with E-state index in [1.165, 1.54) is 0 Å². The van der Waals surface area contributed by atoms with E-state index in [1.807, 2.05) is 0 Å².